The van der Waals surface area contributed by atoms with Crippen LogP contribution in [0, 0.1) is 17.6 Å². The van der Waals surface area contributed by atoms with Gasteiger partial charge in [-0.05, 0) is 18.9 Å². The third kappa shape index (κ3) is 3.75. The van der Waals surface area contributed by atoms with Crippen molar-refractivity contribution in [3.8, 4) is 0 Å². The summed E-state index contributed by atoms with van der Waals surface area (Å²) in [6.07, 6.45) is 0. The Bertz CT molecular complexity index is 382. The summed E-state index contributed by atoms with van der Waals surface area (Å²) in [4.78, 5) is 0. The summed E-state index contributed by atoms with van der Waals surface area (Å²) in [5.41, 5.74) is 0.344. The molecule has 0 radical (unpaired) electrons. The lowest BCUT2D eigenvalue weighted by molar-refractivity contribution is 0.141. The van der Waals surface area contributed by atoms with Gasteiger partial charge in [0.05, 0.1) is 6.61 Å². The highest BCUT2D eigenvalue weighted by Crippen LogP contribution is 2.20. The van der Waals surface area contributed by atoms with E-state index < -0.39 is 11.6 Å². The van der Waals surface area contributed by atoms with E-state index in [1.165, 1.54) is 6.07 Å². The second kappa shape index (κ2) is 6.81. The van der Waals surface area contributed by atoms with Gasteiger partial charge in [-0.15, -0.1) is 0 Å². The lowest BCUT2D eigenvalue weighted by atomic mass is 10.0. The topological polar surface area (TPSA) is 21.3 Å². The molecule has 102 valence electrons. The number of rotatable bonds is 6. The second-order valence-electron chi connectivity index (χ2n) is 4.84. The molecule has 0 aliphatic rings. The fourth-order valence-electron chi connectivity index (χ4n) is 1.88. The van der Waals surface area contributed by atoms with Crippen molar-refractivity contribution in [2.24, 2.45) is 5.92 Å². The number of hydrogen-bond acceptors (Lipinski definition) is 2. The van der Waals surface area contributed by atoms with Crippen molar-refractivity contribution >= 4 is 0 Å². The van der Waals surface area contributed by atoms with Crippen LogP contribution in [0.5, 0.6) is 0 Å². The molecule has 1 aromatic rings. The van der Waals surface area contributed by atoms with Crippen molar-refractivity contribution in [3.63, 3.8) is 0 Å². The van der Waals surface area contributed by atoms with Crippen LogP contribution in [0.3, 0.4) is 0 Å². The van der Waals surface area contributed by atoms with E-state index in [4.69, 9.17) is 4.74 Å². The van der Waals surface area contributed by atoms with Crippen molar-refractivity contribution in [3.05, 3.63) is 35.4 Å². The molecule has 0 saturated carbocycles. The van der Waals surface area contributed by atoms with Crippen LogP contribution in [-0.2, 0) is 4.74 Å². The molecule has 0 aromatic heterocycles. The lowest BCUT2D eigenvalue weighted by Gasteiger charge is -2.26. The van der Waals surface area contributed by atoms with Crippen LogP contribution >= 0.6 is 0 Å². The van der Waals surface area contributed by atoms with Gasteiger partial charge in [-0.2, -0.15) is 0 Å². The van der Waals surface area contributed by atoms with Gasteiger partial charge in [-0.25, -0.2) is 8.78 Å². The molecule has 0 fully saturated rings. The number of nitrogens with one attached hydrogen (secondary N) is 1. The standard InChI is InChI=1S/C14H21F2NO/c1-9(2)13(8-18-4)17-10(3)11-6-5-7-12(15)14(11)16/h5-7,9-10,13,17H,8H2,1-4H3. The van der Waals surface area contributed by atoms with Crippen LogP contribution in [0.25, 0.3) is 0 Å². The largest absolute Gasteiger partial charge is 0.383 e. The number of hydrogen-bond donors (Lipinski definition) is 1. The van der Waals surface area contributed by atoms with E-state index in [1.807, 2.05) is 6.92 Å². The first-order valence-corrected chi connectivity index (χ1v) is 6.16. The summed E-state index contributed by atoms with van der Waals surface area (Å²) in [7, 11) is 1.63. The van der Waals surface area contributed by atoms with Gasteiger partial charge in [0, 0.05) is 24.8 Å². The van der Waals surface area contributed by atoms with Gasteiger partial charge in [0.25, 0.3) is 0 Å². The average Bonchev–Trinajstić information content (AvgIpc) is 2.31. The quantitative estimate of drug-likeness (QED) is 0.844. The molecule has 2 atom stereocenters. The highest BCUT2D eigenvalue weighted by atomic mass is 19.2. The molecular weight excluding hydrogens is 236 g/mol. The summed E-state index contributed by atoms with van der Waals surface area (Å²) < 4.78 is 31.9. The molecule has 0 aliphatic carbocycles. The molecular formula is C14H21F2NO. The Morgan fingerprint density at radius 1 is 1.22 bits per heavy atom. The third-order valence-electron chi connectivity index (χ3n) is 3.06. The van der Waals surface area contributed by atoms with E-state index in [-0.39, 0.29) is 12.1 Å². The van der Waals surface area contributed by atoms with E-state index in [1.54, 1.807) is 13.2 Å². The first-order valence-electron chi connectivity index (χ1n) is 6.16. The zero-order valence-corrected chi connectivity index (χ0v) is 11.3. The number of benzene rings is 1. The highest BCUT2D eigenvalue weighted by Gasteiger charge is 2.19. The Kier molecular flexibility index (Phi) is 5.69. The smallest absolute Gasteiger partial charge is 0.163 e. The van der Waals surface area contributed by atoms with Gasteiger partial charge in [0.15, 0.2) is 11.6 Å². The molecule has 2 unspecified atom stereocenters. The molecule has 0 heterocycles. The van der Waals surface area contributed by atoms with Gasteiger partial charge in [-0.1, -0.05) is 26.0 Å². The molecule has 2 nitrogen and oxygen atoms in total. The van der Waals surface area contributed by atoms with E-state index in [0.717, 1.165) is 6.07 Å². The van der Waals surface area contributed by atoms with Crippen molar-refractivity contribution in [2.45, 2.75) is 32.9 Å². The molecule has 18 heavy (non-hydrogen) atoms. The van der Waals surface area contributed by atoms with Crippen LogP contribution < -0.4 is 5.32 Å². The van der Waals surface area contributed by atoms with Gasteiger partial charge in [0.1, 0.15) is 0 Å². The Balaban J connectivity index is 2.80. The lowest BCUT2D eigenvalue weighted by Crippen LogP contribution is -2.39. The molecule has 0 saturated heterocycles. The normalized spacial score (nSPS) is 14.8. The summed E-state index contributed by atoms with van der Waals surface area (Å²) in [6, 6.07) is 4.09. The molecule has 1 N–H and O–H groups in total. The third-order valence-corrected chi connectivity index (χ3v) is 3.06. The Morgan fingerprint density at radius 3 is 2.44 bits per heavy atom. The minimum atomic E-state index is -0.811. The van der Waals surface area contributed by atoms with Crippen LogP contribution in [0.2, 0.25) is 0 Å². The van der Waals surface area contributed by atoms with Crippen LogP contribution in [0.4, 0.5) is 8.78 Å². The predicted molar refractivity (Wildman–Crippen MR) is 68.4 cm³/mol. The number of halogens is 2. The van der Waals surface area contributed by atoms with Crippen molar-refractivity contribution in [2.75, 3.05) is 13.7 Å². The number of ether oxygens (including phenoxy) is 1. The maximum atomic E-state index is 13.6. The first kappa shape index (κ1) is 15.1. The minimum absolute atomic E-state index is 0.104. The van der Waals surface area contributed by atoms with Crippen molar-refractivity contribution < 1.29 is 13.5 Å². The molecule has 0 amide bonds. The molecule has 1 rings (SSSR count). The maximum absolute atomic E-state index is 13.6. The molecule has 0 spiro atoms. The fourth-order valence-corrected chi connectivity index (χ4v) is 1.88. The van der Waals surface area contributed by atoms with Crippen molar-refractivity contribution in [1.82, 2.24) is 5.32 Å². The van der Waals surface area contributed by atoms with Crippen LogP contribution in [-0.4, -0.2) is 19.8 Å². The number of methoxy groups -OCH3 is 1. The highest BCUT2D eigenvalue weighted by molar-refractivity contribution is 5.22. The monoisotopic (exact) mass is 257 g/mol. The molecule has 0 aliphatic heterocycles. The summed E-state index contributed by atoms with van der Waals surface area (Å²) in [6.45, 7) is 6.48. The van der Waals surface area contributed by atoms with Crippen molar-refractivity contribution in [1.29, 1.82) is 0 Å². The minimum Gasteiger partial charge on any atom is -0.383 e. The van der Waals surface area contributed by atoms with Gasteiger partial charge in [0.2, 0.25) is 0 Å². The zero-order valence-electron chi connectivity index (χ0n) is 11.3. The Morgan fingerprint density at radius 2 is 1.89 bits per heavy atom. The second-order valence-corrected chi connectivity index (χ2v) is 4.84. The van der Waals surface area contributed by atoms with E-state index in [0.29, 0.717) is 18.1 Å². The molecule has 0 bridgehead atoms. The van der Waals surface area contributed by atoms with E-state index in [2.05, 4.69) is 19.2 Å². The first-order chi connectivity index (χ1) is 8.47. The average molecular weight is 257 g/mol. The zero-order chi connectivity index (χ0) is 13.7. The molecule has 4 heteroatoms. The van der Waals surface area contributed by atoms with Gasteiger partial charge < -0.3 is 10.1 Å². The summed E-state index contributed by atoms with van der Waals surface area (Å²) >= 11 is 0. The Hall–Kier alpha value is -1.00. The molecule has 1 aromatic carbocycles. The predicted octanol–water partition coefficient (Wildman–Crippen LogP) is 3.29. The summed E-state index contributed by atoms with van der Waals surface area (Å²) in [5, 5.41) is 3.27. The van der Waals surface area contributed by atoms with Crippen LogP contribution in [0.15, 0.2) is 18.2 Å². The fraction of sp³-hybridized carbons (Fsp3) is 0.571. The Labute approximate surface area is 107 Å². The van der Waals surface area contributed by atoms with E-state index >= 15 is 0 Å². The summed E-state index contributed by atoms with van der Waals surface area (Å²) in [5.74, 6) is -1.24. The van der Waals surface area contributed by atoms with Gasteiger partial charge >= 0.3 is 0 Å². The van der Waals surface area contributed by atoms with E-state index in [9.17, 15) is 8.78 Å². The maximum Gasteiger partial charge on any atom is 0.163 e. The van der Waals surface area contributed by atoms with Crippen LogP contribution in [0.1, 0.15) is 32.4 Å². The SMILES string of the molecule is COCC(NC(C)c1cccc(F)c1F)C(C)C. The van der Waals surface area contributed by atoms with Gasteiger partial charge in [-0.3, -0.25) is 0 Å².